The van der Waals surface area contributed by atoms with Gasteiger partial charge in [0.1, 0.15) is 13.2 Å². The van der Waals surface area contributed by atoms with Crippen LogP contribution in [-0.4, -0.2) is 32.0 Å². The highest BCUT2D eigenvalue weighted by Gasteiger charge is 2.12. The molecular formula is C15H18O4S. The van der Waals surface area contributed by atoms with Gasteiger partial charge in [0.15, 0.2) is 11.5 Å². The van der Waals surface area contributed by atoms with Crippen molar-refractivity contribution in [3.05, 3.63) is 29.8 Å². The van der Waals surface area contributed by atoms with Gasteiger partial charge in [-0.05, 0) is 24.6 Å². The topological polar surface area (TPSA) is 44.8 Å². The van der Waals surface area contributed by atoms with Crippen molar-refractivity contribution >= 4 is 17.7 Å². The van der Waals surface area contributed by atoms with Gasteiger partial charge in [-0.1, -0.05) is 13.0 Å². The maximum absolute atomic E-state index is 11.4. The van der Waals surface area contributed by atoms with Gasteiger partial charge in [0.25, 0.3) is 0 Å². The second-order valence-electron chi connectivity index (χ2n) is 4.19. The van der Waals surface area contributed by atoms with Crippen LogP contribution in [0.2, 0.25) is 0 Å². The van der Waals surface area contributed by atoms with Gasteiger partial charge in [-0.15, -0.1) is 11.8 Å². The van der Waals surface area contributed by atoms with Crippen LogP contribution in [0, 0.1) is 0 Å². The number of hydrogen-bond acceptors (Lipinski definition) is 5. The Morgan fingerprint density at radius 2 is 2.10 bits per heavy atom. The second kappa shape index (κ2) is 7.24. The van der Waals surface area contributed by atoms with E-state index in [-0.39, 0.29) is 5.97 Å². The molecule has 0 aromatic heterocycles. The minimum Gasteiger partial charge on any atom is -0.486 e. The normalized spacial score (nSPS) is 14.0. The predicted molar refractivity (Wildman–Crippen MR) is 78.5 cm³/mol. The second-order valence-corrected chi connectivity index (χ2v) is 5.28. The molecule has 1 aliphatic heterocycles. The zero-order valence-corrected chi connectivity index (χ0v) is 12.5. The fourth-order valence-corrected chi connectivity index (χ4v) is 2.69. The molecule has 0 amide bonds. The van der Waals surface area contributed by atoms with E-state index in [2.05, 4.69) is 0 Å². The molecule has 108 valence electrons. The standard InChI is InChI=1S/C15H18O4S/c1-3-11(15(16)17-2)6-9-20-12-4-5-13-14(10-12)19-8-7-18-13/h4-6,10H,3,7-9H2,1-2H3. The molecule has 0 saturated heterocycles. The highest BCUT2D eigenvalue weighted by atomic mass is 32.2. The molecule has 1 aromatic carbocycles. The van der Waals surface area contributed by atoms with Gasteiger partial charge in [0.05, 0.1) is 7.11 Å². The Morgan fingerprint density at radius 3 is 2.80 bits per heavy atom. The third-order valence-electron chi connectivity index (χ3n) is 2.92. The molecule has 2 rings (SSSR count). The number of carbonyl (C=O) groups is 1. The lowest BCUT2D eigenvalue weighted by Gasteiger charge is -2.18. The van der Waals surface area contributed by atoms with Crippen molar-refractivity contribution < 1.29 is 19.0 Å². The molecule has 0 unspecified atom stereocenters. The SMILES string of the molecule is CCC(=CCSc1ccc2c(c1)OCCO2)C(=O)OC. The van der Waals surface area contributed by atoms with Gasteiger partial charge in [0.2, 0.25) is 0 Å². The molecule has 1 aromatic rings. The summed E-state index contributed by atoms with van der Waals surface area (Å²) in [6, 6.07) is 5.88. The summed E-state index contributed by atoms with van der Waals surface area (Å²) < 4.78 is 15.7. The van der Waals surface area contributed by atoms with Crippen LogP contribution in [0.4, 0.5) is 0 Å². The van der Waals surface area contributed by atoms with Crippen LogP contribution >= 0.6 is 11.8 Å². The number of carbonyl (C=O) groups excluding carboxylic acids is 1. The minimum absolute atomic E-state index is 0.254. The summed E-state index contributed by atoms with van der Waals surface area (Å²) in [6.45, 7) is 3.13. The molecule has 20 heavy (non-hydrogen) atoms. The van der Waals surface area contributed by atoms with E-state index in [4.69, 9.17) is 14.2 Å². The Kier molecular flexibility index (Phi) is 5.35. The Bertz CT molecular complexity index is 511. The van der Waals surface area contributed by atoms with E-state index < -0.39 is 0 Å². The van der Waals surface area contributed by atoms with Gasteiger partial charge in [0, 0.05) is 16.2 Å². The molecular weight excluding hydrogens is 276 g/mol. The van der Waals surface area contributed by atoms with E-state index >= 15 is 0 Å². The smallest absolute Gasteiger partial charge is 0.333 e. The van der Waals surface area contributed by atoms with Crippen molar-refractivity contribution in [2.75, 3.05) is 26.1 Å². The van der Waals surface area contributed by atoms with Crippen molar-refractivity contribution in [2.24, 2.45) is 0 Å². The molecule has 0 atom stereocenters. The maximum Gasteiger partial charge on any atom is 0.333 e. The lowest BCUT2D eigenvalue weighted by Crippen LogP contribution is -2.15. The zero-order chi connectivity index (χ0) is 14.4. The summed E-state index contributed by atoms with van der Waals surface area (Å²) in [6.07, 6.45) is 2.58. The van der Waals surface area contributed by atoms with Gasteiger partial charge in [-0.25, -0.2) is 4.79 Å². The molecule has 0 N–H and O–H groups in total. The van der Waals surface area contributed by atoms with Crippen LogP contribution in [0.3, 0.4) is 0 Å². The van der Waals surface area contributed by atoms with Crippen LogP contribution in [0.5, 0.6) is 11.5 Å². The fraction of sp³-hybridized carbons (Fsp3) is 0.400. The molecule has 0 saturated carbocycles. The number of methoxy groups -OCH3 is 1. The Balaban J connectivity index is 1.97. The first-order valence-corrected chi connectivity index (χ1v) is 7.53. The van der Waals surface area contributed by atoms with Gasteiger partial charge < -0.3 is 14.2 Å². The predicted octanol–water partition coefficient (Wildman–Crippen LogP) is 3.06. The lowest BCUT2D eigenvalue weighted by molar-refractivity contribution is -0.136. The maximum atomic E-state index is 11.4. The molecule has 1 aliphatic rings. The van der Waals surface area contributed by atoms with Crippen LogP contribution < -0.4 is 9.47 Å². The number of benzene rings is 1. The lowest BCUT2D eigenvalue weighted by atomic mass is 10.2. The molecule has 0 spiro atoms. The zero-order valence-electron chi connectivity index (χ0n) is 11.7. The van der Waals surface area contributed by atoms with Crippen molar-refractivity contribution in [3.63, 3.8) is 0 Å². The third-order valence-corrected chi connectivity index (χ3v) is 3.84. The Hall–Kier alpha value is -1.62. The van der Waals surface area contributed by atoms with E-state index in [0.29, 0.717) is 25.2 Å². The summed E-state index contributed by atoms with van der Waals surface area (Å²) in [5.74, 6) is 2.04. The van der Waals surface area contributed by atoms with Gasteiger partial charge in [-0.3, -0.25) is 0 Å². The third kappa shape index (κ3) is 3.70. The Labute approximate surface area is 123 Å². The summed E-state index contributed by atoms with van der Waals surface area (Å²) in [5, 5.41) is 0. The summed E-state index contributed by atoms with van der Waals surface area (Å²) in [5.41, 5.74) is 0.706. The average Bonchev–Trinajstić information content (AvgIpc) is 2.50. The number of fused-ring (bicyclic) bond motifs is 1. The van der Waals surface area contributed by atoms with E-state index in [1.54, 1.807) is 11.8 Å². The first kappa shape index (κ1) is 14.8. The molecule has 1 heterocycles. The van der Waals surface area contributed by atoms with E-state index in [1.165, 1.54) is 7.11 Å². The van der Waals surface area contributed by atoms with Crippen molar-refractivity contribution in [3.8, 4) is 11.5 Å². The number of thioether (sulfide) groups is 1. The number of esters is 1. The summed E-state index contributed by atoms with van der Waals surface area (Å²) >= 11 is 1.65. The largest absolute Gasteiger partial charge is 0.486 e. The molecule has 0 radical (unpaired) electrons. The van der Waals surface area contributed by atoms with Crippen molar-refractivity contribution in [1.82, 2.24) is 0 Å². The highest BCUT2D eigenvalue weighted by Crippen LogP contribution is 2.34. The quantitative estimate of drug-likeness (QED) is 0.474. The van der Waals surface area contributed by atoms with Crippen molar-refractivity contribution in [2.45, 2.75) is 18.2 Å². The van der Waals surface area contributed by atoms with Gasteiger partial charge in [-0.2, -0.15) is 0 Å². The van der Waals surface area contributed by atoms with Crippen LogP contribution in [0.1, 0.15) is 13.3 Å². The molecule has 0 fully saturated rings. The molecule has 0 aliphatic carbocycles. The molecule has 5 heteroatoms. The van der Waals surface area contributed by atoms with Crippen molar-refractivity contribution in [1.29, 1.82) is 0 Å². The first-order valence-electron chi connectivity index (χ1n) is 6.54. The van der Waals surface area contributed by atoms with Crippen LogP contribution in [-0.2, 0) is 9.53 Å². The number of hydrogen-bond donors (Lipinski definition) is 0. The average molecular weight is 294 g/mol. The molecule has 4 nitrogen and oxygen atoms in total. The van der Waals surface area contributed by atoms with Crippen LogP contribution in [0.25, 0.3) is 0 Å². The fourth-order valence-electron chi connectivity index (χ4n) is 1.86. The summed E-state index contributed by atoms with van der Waals surface area (Å²) in [4.78, 5) is 12.5. The molecule has 0 bridgehead atoms. The first-order chi connectivity index (χ1) is 9.74. The van der Waals surface area contributed by atoms with Gasteiger partial charge >= 0.3 is 5.97 Å². The summed E-state index contributed by atoms with van der Waals surface area (Å²) in [7, 11) is 1.40. The van der Waals surface area contributed by atoms with E-state index in [0.717, 1.165) is 22.1 Å². The highest BCUT2D eigenvalue weighted by molar-refractivity contribution is 7.99. The number of ether oxygens (including phenoxy) is 3. The Morgan fingerprint density at radius 1 is 1.35 bits per heavy atom. The van der Waals surface area contributed by atoms with E-state index in [1.807, 2.05) is 31.2 Å². The van der Waals surface area contributed by atoms with Crippen LogP contribution in [0.15, 0.2) is 34.7 Å². The monoisotopic (exact) mass is 294 g/mol. The number of rotatable bonds is 5. The van der Waals surface area contributed by atoms with E-state index in [9.17, 15) is 4.79 Å². The minimum atomic E-state index is -0.254.